The molecule has 9 heavy (non-hydrogen) atoms. The van der Waals surface area contributed by atoms with Gasteiger partial charge in [-0.15, -0.1) is 0 Å². The third-order valence-corrected chi connectivity index (χ3v) is 2.29. The largest absolute Gasteiger partial charge is 0.308 e. The maximum atomic E-state index is 4.06. The fraction of sp³-hybridized carbons (Fsp3) is 1.00. The lowest BCUT2D eigenvalue weighted by Crippen LogP contribution is -2.20. The first-order chi connectivity index (χ1) is 4.43. The van der Waals surface area contributed by atoms with Gasteiger partial charge in [-0.2, -0.15) is 12.6 Å². The average Bonchev–Trinajstić information content (AvgIpc) is 1.76. The summed E-state index contributed by atoms with van der Waals surface area (Å²) in [6.45, 7) is 1.16. The Labute approximate surface area is 62.6 Å². The van der Waals surface area contributed by atoms with E-state index in [0.717, 1.165) is 18.3 Å². The summed E-state index contributed by atoms with van der Waals surface area (Å²) in [6, 6.07) is 0. The van der Waals surface area contributed by atoms with Crippen LogP contribution in [0.4, 0.5) is 0 Å². The molecule has 54 valence electrons. The molecule has 0 aromatic carbocycles. The van der Waals surface area contributed by atoms with Gasteiger partial charge in [-0.3, -0.25) is 0 Å². The third kappa shape index (κ3) is 2.59. The summed E-state index contributed by atoms with van der Waals surface area (Å²) in [6.07, 6.45) is 5.76. The maximum absolute atomic E-state index is 4.06. The fourth-order valence-corrected chi connectivity index (χ4v) is 1.32. The van der Waals surface area contributed by atoms with Crippen molar-refractivity contribution >= 4 is 12.6 Å². The monoisotopic (exact) mass is 145 g/mol. The Morgan fingerprint density at radius 1 is 1.44 bits per heavy atom. The second-order valence-corrected chi connectivity index (χ2v) is 3.06. The van der Waals surface area contributed by atoms with Crippen LogP contribution in [-0.4, -0.2) is 12.4 Å². The summed E-state index contributed by atoms with van der Waals surface area (Å²) < 4.78 is 0. The van der Waals surface area contributed by atoms with Crippen LogP contribution in [0.5, 0.6) is 0 Å². The second-order valence-electron chi connectivity index (χ2n) is 2.74. The minimum absolute atomic E-state index is 0.826. The van der Waals surface area contributed by atoms with E-state index < -0.39 is 0 Å². The molecule has 0 spiro atoms. The summed E-state index contributed by atoms with van der Waals surface area (Å²) in [7, 11) is 0. The van der Waals surface area contributed by atoms with Gasteiger partial charge in [0, 0.05) is 5.88 Å². The molecular formula is C7H15NS. The van der Waals surface area contributed by atoms with Crippen LogP contribution < -0.4 is 5.32 Å². The minimum Gasteiger partial charge on any atom is -0.308 e. The second kappa shape index (κ2) is 4.18. The van der Waals surface area contributed by atoms with Crippen molar-refractivity contribution < 1.29 is 0 Å². The third-order valence-electron chi connectivity index (χ3n) is 2.07. The molecule has 1 fully saturated rings. The Balaban J connectivity index is 1.80. The van der Waals surface area contributed by atoms with Gasteiger partial charge >= 0.3 is 0 Å². The van der Waals surface area contributed by atoms with Crippen molar-refractivity contribution in [3.63, 3.8) is 0 Å². The SMILES string of the molecule is SCNCCC1CCC1. The van der Waals surface area contributed by atoms with Crippen LogP contribution in [0.25, 0.3) is 0 Å². The van der Waals surface area contributed by atoms with Gasteiger partial charge in [-0.05, 0) is 18.9 Å². The van der Waals surface area contributed by atoms with E-state index in [2.05, 4.69) is 17.9 Å². The predicted octanol–water partition coefficient (Wildman–Crippen LogP) is 1.65. The van der Waals surface area contributed by atoms with E-state index in [9.17, 15) is 0 Å². The van der Waals surface area contributed by atoms with Gasteiger partial charge in [0.25, 0.3) is 0 Å². The maximum Gasteiger partial charge on any atom is 0.0387 e. The predicted molar refractivity (Wildman–Crippen MR) is 43.8 cm³/mol. The zero-order chi connectivity index (χ0) is 6.53. The molecule has 0 radical (unpaired) electrons. The highest BCUT2D eigenvalue weighted by Crippen LogP contribution is 2.28. The van der Waals surface area contributed by atoms with Crippen molar-refractivity contribution in [2.45, 2.75) is 25.7 Å². The first-order valence-corrected chi connectivity index (χ1v) is 4.38. The summed E-state index contributed by atoms with van der Waals surface area (Å²) in [5.74, 6) is 1.87. The molecule has 0 atom stereocenters. The zero-order valence-electron chi connectivity index (χ0n) is 5.77. The zero-order valence-corrected chi connectivity index (χ0v) is 6.66. The van der Waals surface area contributed by atoms with Crippen LogP contribution in [0.3, 0.4) is 0 Å². The quantitative estimate of drug-likeness (QED) is 0.348. The molecular weight excluding hydrogens is 130 g/mol. The van der Waals surface area contributed by atoms with Crippen LogP contribution in [0.2, 0.25) is 0 Å². The lowest BCUT2D eigenvalue weighted by atomic mass is 9.83. The molecule has 0 bridgehead atoms. The number of rotatable bonds is 4. The average molecular weight is 145 g/mol. The van der Waals surface area contributed by atoms with Crippen LogP contribution in [0, 0.1) is 5.92 Å². The highest BCUT2D eigenvalue weighted by Gasteiger charge is 2.15. The van der Waals surface area contributed by atoms with E-state index >= 15 is 0 Å². The Morgan fingerprint density at radius 3 is 2.67 bits per heavy atom. The molecule has 0 unspecified atom stereocenters. The molecule has 0 aliphatic heterocycles. The van der Waals surface area contributed by atoms with E-state index in [1.54, 1.807) is 0 Å². The van der Waals surface area contributed by atoms with Gasteiger partial charge < -0.3 is 5.32 Å². The standard InChI is InChI=1S/C7H15NS/c9-6-8-5-4-7-2-1-3-7/h7-9H,1-6H2. The van der Waals surface area contributed by atoms with E-state index in [0.29, 0.717) is 0 Å². The Hall–Kier alpha value is 0.310. The van der Waals surface area contributed by atoms with E-state index in [1.165, 1.54) is 25.7 Å². The van der Waals surface area contributed by atoms with Gasteiger partial charge in [-0.25, -0.2) is 0 Å². The first kappa shape index (κ1) is 7.42. The molecule has 1 N–H and O–H groups in total. The molecule has 1 aliphatic carbocycles. The van der Waals surface area contributed by atoms with E-state index in [4.69, 9.17) is 0 Å². The first-order valence-electron chi connectivity index (χ1n) is 3.75. The van der Waals surface area contributed by atoms with Crippen molar-refractivity contribution in [2.24, 2.45) is 5.92 Å². The number of thiol groups is 1. The smallest absolute Gasteiger partial charge is 0.0387 e. The van der Waals surface area contributed by atoms with Crippen LogP contribution in [0.15, 0.2) is 0 Å². The van der Waals surface area contributed by atoms with Gasteiger partial charge in [0.1, 0.15) is 0 Å². The van der Waals surface area contributed by atoms with Crippen molar-refractivity contribution in [3.05, 3.63) is 0 Å². The van der Waals surface area contributed by atoms with Crippen molar-refractivity contribution in [3.8, 4) is 0 Å². The molecule has 2 heteroatoms. The Morgan fingerprint density at radius 2 is 2.22 bits per heavy atom. The molecule has 1 aliphatic rings. The highest BCUT2D eigenvalue weighted by molar-refractivity contribution is 7.80. The van der Waals surface area contributed by atoms with Crippen LogP contribution >= 0.6 is 12.6 Å². The van der Waals surface area contributed by atoms with Gasteiger partial charge in [-0.1, -0.05) is 19.3 Å². The van der Waals surface area contributed by atoms with E-state index in [1.807, 2.05) is 0 Å². The molecule has 0 aromatic rings. The molecule has 1 saturated carbocycles. The van der Waals surface area contributed by atoms with Crippen molar-refractivity contribution in [1.82, 2.24) is 5.32 Å². The Kier molecular flexibility index (Phi) is 3.44. The lowest BCUT2D eigenvalue weighted by Gasteiger charge is -2.24. The molecule has 0 aromatic heterocycles. The summed E-state index contributed by atoms with van der Waals surface area (Å²) in [4.78, 5) is 0. The minimum atomic E-state index is 0.826. The number of hydrogen-bond donors (Lipinski definition) is 2. The van der Waals surface area contributed by atoms with Crippen molar-refractivity contribution in [1.29, 1.82) is 0 Å². The summed E-state index contributed by atoms with van der Waals surface area (Å²) in [5.41, 5.74) is 0. The Bertz CT molecular complexity index is 71.3. The lowest BCUT2D eigenvalue weighted by molar-refractivity contribution is 0.294. The van der Waals surface area contributed by atoms with Gasteiger partial charge in [0.15, 0.2) is 0 Å². The summed E-state index contributed by atoms with van der Waals surface area (Å²) in [5, 5.41) is 3.21. The van der Waals surface area contributed by atoms with Crippen LogP contribution in [-0.2, 0) is 0 Å². The molecule has 1 rings (SSSR count). The van der Waals surface area contributed by atoms with Gasteiger partial charge in [0.2, 0.25) is 0 Å². The summed E-state index contributed by atoms with van der Waals surface area (Å²) >= 11 is 4.06. The van der Waals surface area contributed by atoms with Gasteiger partial charge in [0.05, 0.1) is 0 Å². The van der Waals surface area contributed by atoms with E-state index in [-0.39, 0.29) is 0 Å². The molecule has 0 heterocycles. The van der Waals surface area contributed by atoms with Crippen LogP contribution in [0.1, 0.15) is 25.7 Å². The molecule has 0 saturated heterocycles. The normalized spacial score (nSPS) is 19.7. The fourth-order valence-electron chi connectivity index (χ4n) is 1.17. The molecule has 1 nitrogen and oxygen atoms in total. The number of nitrogens with one attached hydrogen (secondary N) is 1. The highest BCUT2D eigenvalue weighted by atomic mass is 32.1. The number of hydrogen-bond acceptors (Lipinski definition) is 2. The topological polar surface area (TPSA) is 12.0 Å². The van der Waals surface area contributed by atoms with Crippen molar-refractivity contribution in [2.75, 3.05) is 12.4 Å². The molecule has 0 amide bonds.